The van der Waals surface area contributed by atoms with Crippen LogP contribution in [0.5, 0.6) is 0 Å². The van der Waals surface area contributed by atoms with Gasteiger partial charge in [-0.2, -0.15) is 31.6 Å². The highest BCUT2D eigenvalue weighted by molar-refractivity contribution is 5.82. The van der Waals surface area contributed by atoms with E-state index in [2.05, 4.69) is 10.6 Å². The van der Waals surface area contributed by atoms with Crippen LogP contribution in [0.1, 0.15) is 29.0 Å². The van der Waals surface area contributed by atoms with E-state index in [1.807, 2.05) is 0 Å². The van der Waals surface area contributed by atoms with E-state index >= 15 is 0 Å². The molecule has 2 heterocycles. The number of halogens is 6. The molecule has 2 aliphatic rings. The number of benzene rings is 1. The highest BCUT2D eigenvalue weighted by atomic mass is 19.4. The summed E-state index contributed by atoms with van der Waals surface area (Å²) in [5.74, 6) is -1.87. The lowest BCUT2D eigenvalue weighted by atomic mass is 9.88. The predicted molar refractivity (Wildman–Crippen MR) is 89.7 cm³/mol. The quantitative estimate of drug-likeness (QED) is 0.722. The van der Waals surface area contributed by atoms with Gasteiger partial charge in [0.1, 0.15) is 6.04 Å². The Hall–Kier alpha value is -2.32. The Balaban J connectivity index is 1.92. The summed E-state index contributed by atoms with van der Waals surface area (Å²) >= 11 is 0. The molecule has 2 N–H and O–H groups in total. The van der Waals surface area contributed by atoms with Crippen molar-refractivity contribution in [3.05, 3.63) is 34.9 Å². The molecule has 1 aromatic carbocycles. The minimum Gasteiger partial charge on any atom is -0.339 e. The molecule has 5 nitrogen and oxygen atoms in total. The van der Waals surface area contributed by atoms with Crippen molar-refractivity contribution in [2.75, 3.05) is 26.2 Å². The average Bonchev–Trinajstić information content (AvgIpc) is 3.13. The van der Waals surface area contributed by atoms with E-state index in [0.29, 0.717) is 32.2 Å². The number of nitrogens with one attached hydrogen (secondary N) is 2. The molecule has 0 saturated carbocycles. The van der Waals surface area contributed by atoms with Gasteiger partial charge in [0.2, 0.25) is 5.91 Å². The number of hydrogen-bond acceptors (Lipinski definition) is 4. The highest BCUT2D eigenvalue weighted by Gasteiger charge is 2.52. The summed E-state index contributed by atoms with van der Waals surface area (Å²) in [7, 11) is 0. The fourth-order valence-electron chi connectivity index (χ4n) is 3.84. The molecule has 3 rings (SSSR count). The number of amides is 1. The van der Waals surface area contributed by atoms with Gasteiger partial charge in [0, 0.05) is 32.1 Å². The van der Waals surface area contributed by atoms with E-state index < -0.39 is 47.4 Å². The standard InChI is InChI=1S/C18H18F6N4O/c19-17(20,21)13-7-10(1-2-11(13)9-25)12-8-14(27-15(12)18(22,23)24)16(29)28-5-3-26-4-6-28/h1-2,7,12,14-15,26-27H,3-6,8H2/t12?,14-,15+/m0/s1. The average molecular weight is 420 g/mol. The van der Waals surface area contributed by atoms with Gasteiger partial charge in [-0.05, 0) is 24.1 Å². The molecule has 158 valence electrons. The van der Waals surface area contributed by atoms with Crippen LogP contribution >= 0.6 is 0 Å². The number of carbonyl (C=O) groups excluding carboxylic acids is 1. The molecule has 29 heavy (non-hydrogen) atoms. The van der Waals surface area contributed by atoms with Gasteiger partial charge in [-0.1, -0.05) is 6.07 Å². The second-order valence-corrected chi connectivity index (χ2v) is 7.07. The van der Waals surface area contributed by atoms with E-state index in [-0.39, 0.29) is 12.0 Å². The highest BCUT2D eigenvalue weighted by Crippen LogP contribution is 2.42. The van der Waals surface area contributed by atoms with Gasteiger partial charge in [-0.25, -0.2) is 0 Å². The first-order valence-corrected chi connectivity index (χ1v) is 8.96. The summed E-state index contributed by atoms with van der Waals surface area (Å²) in [6, 6.07) is 0.655. The first-order chi connectivity index (χ1) is 13.5. The third-order valence-electron chi connectivity index (χ3n) is 5.25. The van der Waals surface area contributed by atoms with Crippen molar-refractivity contribution in [2.45, 2.75) is 36.8 Å². The van der Waals surface area contributed by atoms with Crippen LogP contribution in [0, 0.1) is 11.3 Å². The molecule has 2 saturated heterocycles. The van der Waals surface area contributed by atoms with Crippen LogP contribution in [-0.4, -0.2) is 55.2 Å². The topological polar surface area (TPSA) is 68.2 Å². The fraction of sp³-hybridized carbons (Fsp3) is 0.556. The summed E-state index contributed by atoms with van der Waals surface area (Å²) in [6.45, 7) is 1.76. The maximum atomic E-state index is 13.6. The molecular weight excluding hydrogens is 402 g/mol. The molecule has 2 fully saturated rings. The summed E-state index contributed by atoms with van der Waals surface area (Å²) in [5, 5.41) is 14.2. The number of nitrogens with zero attached hydrogens (tertiary/aromatic N) is 2. The zero-order valence-corrected chi connectivity index (χ0v) is 15.1. The first-order valence-electron chi connectivity index (χ1n) is 8.96. The lowest BCUT2D eigenvalue weighted by molar-refractivity contribution is -0.156. The Bertz CT molecular complexity index is 810. The maximum absolute atomic E-state index is 13.6. The van der Waals surface area contributed by atoms with Crippen molar-refractivity contribution in [1.82, 2.24) is 15.5 Å². The minimum absolute atomic E-state index is 0.207. The van der Waals surface area contributed by atoms with Crippen molar-refractivity contribution < 1.29 is 31.1 Å². The third kappa shape index (κ3) is 4.48. The Morgan fingerprint density at radius 2 is 1.79 bits per heavy atom. The van der Waals surface area contributed by atoms with Crippen molar-refractivity contribution in [3.8, 4) is 6.07 Å². The SMILES string of the molecule is N#Cc1ccc(C2C[C@@H](C(=O)N3CCNCC3)N[C@H]2C(F)(F)F)cc1C(F)(F)F. The molecule has 0 aromatic heterocycles. The molecule has 0 aliphatic carbocycles. The first kappa shape index (κ1) is 21.4. The van der Waals surface area contributed by atoms with E-state index in [0.717, 1.165) is 12.1 Å². The van der Waals surface area contributed by atoms with E-state index in [1.54, 1.807) is 0 Å². The summed E-state index contributed by atoms with van der Waals surface area (Å²) < 4.78 is 80.4. The molecule has 1 amide bonds. The van der Waals surface area contributed by atoms with Crippen LogP contribution in [0.15, 0.2) is 18.2 Å². The minimum atomic E-state index is -4.88. The van der Waals surface area contributed by atoms with E-state index in [1.165, 1.54) is 11.0 Å². The van der Waals surface area contributed by atoms with Gasteiger partial charge in [0.15, 0.2) is 0 Å². The monoisotopic (exact) mass is 420 g/mol. The molecule has 1 unspecified atom stereocenters. The molecule has 2 aliphatic heterocycles. The molecule has 0 radical (unpaired) electrons. The van der Waals surface area contributed by atoms with E-state index in [4.69, 9.17) is 5.26 Å². The van der Waals surface area contributed by atoms with Crippen molar-refractivity contribution in [3.63, 3.8) is 0 Å². The van der Waals surface area contributed by atoms with Crippen LogP contribution in [0.3, 0.4) is 0 Å². The smallest absolute Gasteiger partial charge is 0.339 e. The lowest BCUT2D eigenvalue weighted by Gasteiger charge is -2.30. The van der Waals surface area contributed by atoms with Crippen molar-refractivity contribution in [2.24, 2.45) is 0 Å². The number of hydrogen-bond donors (Lipinski definition) is 2. The fourth-order valence-corrected chi connectivity index (χ4v) is 3.84. The Labute approximate surface area is 162 Å². The second-order valence-electron chi connectivity index (χ2n) is 7.07. The van der Waals surface area contributed by atoms with Gasteiger partial charge < -0.3 is 10.2 Å². The zero-order valence-electron chi connectivity index (χ0n) is 15.1. The third-order valence-corrected chi connectivity index (χ3v) is 5.25. The Morgan fingerprint density at radius 1 is 1.14 bits per heavy atom. The van der Waals surface area contributed by atoms with Crippen LogP contribution in [0.25, 0.3) is 0 Å². The van der Waals surface area contributed by atoms with Gasteiger partial charge in [0.25, 0.3) is 0 Å². The number of nitriles is 1. The van der Waals surface area contributed by atoms with Gasteiger partial charge >= 0.3 is 12.4 Å². The summed E-state index contributed by atoms with van der Waals surface area (Å²) in [4.78, 5) is 14.1. The van der Waals surface area contributed by atoms with Crippen LogP contribution < -0.4 is 10.6 Å². The Morgan fingerprint density at radius 3 is 2.34 bits per heavy atom. The van der Waals surface area contributed by atoms with Crippen LogP contribution in [0.4, 0.5) is 26.3 Å². The van der Waals surface area contributed by atoms with Gasteiger partial charge in [-0.15, -0.1) is 0 Å². The molecule has 1 aromatic rings. The van der Waals surface area contributed by atoms with Gasteiger partial charge in [0.05, 0.1) is 23.2 Å². The summed E-state index contributed by atoms with van der Waals surface area (Å²) in [5.41, 5.74) is -2.15. The molecule has 0 spiro atoms. The van der Waals surface area contributed by atoms with Crippen LogP contribution in [0.2, 0.25) is 0 Å². The van der Waals surface area contributed by atoms with Gasteiger partial charge in [-0.3, -0.25) is 10.1 Å². The molecule has 11 heteroatoms. The zero-order chi connectivity index (χ0) is 21.4. The normalized spacial score (nSPS) is 25.7. The lowest BCUT2D eigenvalue weighted by Crippen LogP contribution is -2.53. The van der Waals surface area contributed by atoms with Crippen LogP contribution in [-0.2, 0) is 11.0 Å². The number of rotatable bonds is 2. The van der Waals surface area contributed by atoms with Crippen molar-refractivity contribution in [1.29, 1.82) is 5.26 Å². The number of carbonyl (C=O) groups is 1. The second kappa shape index (κ2) is 7.84. The largest absolute Gasteiger partial charge is 0.417 e. The van der Waals surface area contributed by atoms with Crippen molar-refractivity contribution >= 4 is 5.91 Å². The summed E-state index contributed by atoms with van der Waals surface area (Å²) in [6.07, 6.45) is -9.91. The Kier molecular flexibility index (Phi) is 5.78. The molecule has 0 bridgehead atoms. The number of piperazine rings is 1. The molecular formula is C18H18F6N4O. The maximum Gasteiger partial charge on any atom is 0.417 e. The predicted octanol–water partition coefficient (Wildman–Crippen LogP) is 2.39. The molecule has 3 atom stereocenters. The van der Waals surface area contributed by atoms with E-state index in [9.17, 15) is 31.1 Å². The number of alkyl halides is 6.